The molecular weight excluding hydrogens is 550 g/mol. The number of hydrogen-bond donors (Lipinski definition) is 1. The van der Waals surface area contributed by atoms with Crippen molar-refractivity contribution >= 4 is 32.7 Å². The molecule has 1 N–H and O–H groups in total. The summed E-state index contributed by atoms with van der Waals surface area (Å²) < 4.78 is 61.7. The summed E-state index contributed by atoms with van der Waals surface area (Å²) in [4.78, 5) is 13.4. The molecule has 0 saturated heterocycles. The van der Waals surface area contributed by atoms with Gasteiger partial charge >= 0.3 is 5.97 Å². The molecule has 0 amide bonds. The van der Waals surface area contributed by atoms with E-state index in [0.29, 0.717) is 33.5 Å². The van der Waals surface area contributed by atoms with Crippen molar-refractivity contribution in [3.8, 4) is 34.5 Å². The second-order valence-electron chi connectivity index (χ2n) is 8.48. The van der Waals surface area contributed by atoms with Crippen LogP contribution in [0.2, 0.25) is 0 Å². The molecule has 0 spiro atoms. The Morgan fingerprint density at radius 2 is 1.59 bits per heavy atom. The van der Waals surface area contributed by atoms with Gasteiger partial charge in [-0.15, -0.1) is 0 Å². The fraction of sp³-hybridized carbons (Fsp3) is 0.192. The Balaban J connectivity index is 1.55. The molecule has 0 unspecified atom stereocenters. The van der Waals surface area contributed by atoms with Crippen molar-refractivity contribution in [2.24, 2.45) is 0 Å². The molecule has 0 radical (unpaired) electrons. The lowest BCUT2D eigenvalue weighted by molar-refractivity contribution is -0.133. The molecule has 6 rings (SSSR count). The van der Waals surface area contributed by atoms with E-state index in [0.717, 1.165) is 16.1 Å². The Morgan fingerprint density at radius 1 is 0.923 bits per heavy atom. The predicted molar refractivity (Wildman–Crippen MR) is 138 cm³/mol. The highest BCUT2D eigenvalue weighted by atomic mass is 32.2. The van der Waals surface area contributed by atoms with Gasteiger partial charge in [0.15, 0.2) is 40.2 Å². The maximum Gasteiger partial charge on any atom is 0.354 e. The van der Waals surface area contributed by atoms with Crippen molar-refractivity contribution in [1.29, 1.82) is 0 Å². The zero-order valence-corrected chi connectivity index (χ0v) is 22.3. The van der Waals surface area contributed by atoms with Gasteiger partial charge in [-0.2, -0.15) is 0 Å². The van der Waals surface area contributed by atoms with Crippen molar-refractivity contribution in [2.45, 2.75) is 16.3 Å². The molecule has 39 heavy (non-hydrogen) atoms. The monoisotopic (exact) mass is 571 g/mol. The summed E-state index contributed by atoms with van der Waals surface area (Å²) in [6.07, 6.45) is 0. The van der Waals surface area contributed by atoms with Crippen LogP contribution in [0.3, 0.4) is 0 Å². The van der Waals surface area contributed by atoms with Crippen LogP contribution in [0.5, 0.6) is 34.5 Å². The van der Waals surface area contributed by atoms with E-state index in [2.05, 4.69) is 0 Å². The van der Waals surface area contributed by atoms with Crippen LogP contribution in [-0.4, -0.2) is 51.6 Å². The minimum atomic E-state index is -4.44. The van der Waals surface area contributed by atoms with Crippen LogP contribution in [0.4, 0.5) is 0 Å². The van der Waals surface area contributed by atoms with Gasteiger partial charge in [0.1, 0.15) is 4.90 Å². The maximum atomic E-state index is 14.1. The molecule has 0 aromatic heterocycles. The lowest BCUT2D eigenvalue weighted by Crippen LogP contribution is -2.37. The Labute approximate surface area is 227 Å². The van der Waals surface area contributed by atoms with Crippen LogP contribution < -0.4 is 28.4 Å². The highest BCUT2D eigenvalue weighted by Crippen LogP contribution is 2.52. The second-order valence-corrected chi connectivity index (χ2v) is 11.4. The number of ether oxygens (including phenoxy) is 6. The van der Waals surface area contributed by atoms with E-state index < -0.39 is 21.7 Å². The number of carboxylic acid groups (broad SMARTS) is 1. The third kappa shape index (κ3) is 4.14. The Bertz CT molecular complexity index is 1650. The first-order valence-corrected chi connectivity index (χ1v) is 13.8. The predicted octanol–water partition coefficient (Wildman–Crippen LogP) is 3.91. The van der Waals surface area contributed by atoms with Gasteiger partial charge in [0.2, 0.25) is 13.6 Å². The first kappa shape index (κ1) is 25.1. The highest BCUT2D eigenvalue weighted by Gasteiger charge is 2.43. The van der Waals surface area contributed by atoms with Crippen LogP contribution in [0, 0.1) is 0 Å². The minimum Gasteiger partial charge on any atom is -0.493 e. The SMILES string of the molecule is COc1ccc2c(c1OC)S(=O)(=O)N(Cc1ccc3c(c1)OCO3)C(C(=O)O)=C2Sc1ccc2c(c1)OCO2. The Morgan fingerprint density at radius 3 is 2.26 bits per heavy atom. The van der Waals surface area contributed by atoms with Gasteiger partial charge in [0.25, 0.3) is 10.0 Å². The normalized spacial score (nSPS) is 16.2. The Kier molecular flexibility index (Phi) is 6.11. The molecule has 0 aliphatic carbocycles. The van der Waals surface area contributed by atoms with Crippen molar-refractivity contribution < 1.29 is 46.7 Å². The maximum absolute atomic E-state index is 14.1. The third-order valence-electron chi connectivity index (χ3n) is 6.29. The van der Waals surface area contributed by atoms with Gasteiger partial charge in [-0.3, -0.25) is 4.31 Å². The Hall–Kier alpha value is -4.23. The number of carbonyl (C=O) groups is 1. The van der Waals surface area contributed by atoms with E-state index in [1.54, 1.807) is 42.5 Å². The zero-order valence-electron chi connectivity index (χ0n) is 20.6. The van der Waals surface area contributed by atoms with Crippen LogP contribution >= 0.6 is 11.8 Å². The van der Waals surface area contributed by atoms with Gasteiger partial charge in [-0.05, 0) is 48.0 Å². The smallest absolute Gasteiger partial charge is 0.354 e. The number of hydrogen-bond acceptors (Lipinski definition) is 10. The molecule has 11 nitrogen and oxygen atoms in total. The van der Waals surface area contributed by atoms with Crippen molar-refractivity contribution in [3.63, 3.8) is 0 Å². The number of fused-ring (bicyclic) bond motifs is 3. The van der Waals surface area contributed by atoms with E-state index in [4.69, 9.17) is 28.4 Å². The van der Waals surface area contributed by atoms with Gasteiger partial charge < -0.3 is 33.5 Å². The van der Waals surface area contributed by atoms with Crippen molar-refractivity contribution in [2.75, 3.05) is 27.8 Å². The molecule has 0 atom stereocenters. The summed E-state index contributed by atoms with van der Waals surface area (Å²) in [5.41, 5.74) is 0.268. The van der Waals surface area contributed by atoms with Crippen LogP contribution in [0.1, 0.15) is 11.1 Å². The molecule has 3 aliphatic heterocycles. The lowest BCUT2D eigenvalue weighted by Gasteiger charge is -2.33. The van der Waals surface area contributed by atoms with Gasteiger partial charge in [-0.25, -0.2) is 13.2 Å². The van der Waals surface area contributed by atoms with Crippen molar-refractivity contribution in [3.05, 3.63) is 65.4 Å². The summed E-state index contributed by atoms with van der Waals surface area (Å²) in [6, 6.07) is 13.2. The van der Waals surface area contributed by atoms with E-state index in [1.807, 2.05) is 0 Å². The third-order valence-corrected chi connectivity index (χ3v) is 9.21. The number of methoxy groups -OCH3 is 2. The topological polar surface area (TPSA) is 130 Å². The molecule has 0 fully saturated rings. The zero-order chi connectivity index (χ0) is 27.3. The van der Waals surface area contributed by atoms with E-state index in [-0.39, 0.29) is 47.0 Å². The number of rotatable bonds is 7. The highest BCUT2D eigenvalue weighted by molar-refractivity contribution is 8.08. The van der Waals surface area contributed by atoms with Crippen LogP contribution in [0.25, 0.3) is 4.91 Å². The summed E-state index contributed by atoms with van der Waals surface area (Å²) in [5.74, 6) is 0.776. The number of carboxylic acids is 1. The van der Waals surface area contributed by atoms with Gasteiger partial charge in [0.05, 0.1) is 25.7 Å². The number of aliphatic carboxylic acids is 1. The minimum absolute atomic E-state index is 0.0288. The molecule has 0 saturated carbocycles. The average Bonchev–Trinajstić information content (AvgIpc) is 3.59. The molecule has 3 aromatic carbocycles. The fourth-order valence-corrected chi connectivity index (χ4v) is 7.59. The summed E-state index contributed by atoms with van der Waals surface area (Å²) in [5, 5.41) is 10.4. The first-order valence-electron chi connectivity index (χ1n) is 11.5. The largest absolute Gasteiger partial charge is 0.493 e. The summed E-state index contributed by atoms with van der Waals surface area (Å²) >= 11 is 1.09. The van der Waals surface area contributed by atoms with Gasteiger partial charge in [-0.1, -0.05) is 17.8 Å². The van der Waals surface area contributed by atoms with Gasteiger partial charge in [0, 0.05) is 10.5 Å². The molecule has 3 aromatic rings. The van der Waals surface area contributed by atoms with Crippen LogP contribution in [0.15, 0.2) is 64.0 Å². The summed E-state index contributed by atoms with van der Waals surface area (Å²) in [6.45, 7) is -0.165. The van der Waals surface area contributed by atoms with E-state index in [9.17, 15) is 18.3 Å². The molecule has 3 aliphatic rings. The first-order chi connectivity index (χ1) is 18.8. The molecular formula is C26H21NO10S2. The lowest BCUT2D eigenvalue weighted by atomic mass is 10.1. The molecule has 202 valence electrons. The number of sulfonamides is 1. The molecule has 13 heteroatoms. The molecule has 0 bridgehead atoms. The number of thioether (sulfide) groups is 1. The fourth-order valence-electron chi connectivity index (χ4n) is 4.54. The van der Waals surface area contributed by atoms with Crippen molar-refractivity contribution in [1.82, 2.24) is 4.31 Å². The number of benzene rings is 3. The van der Waals surface area contributed by atoms with E-state index >= 15 is 0 Å². The summed E-state index contributed by atoms with van der Waals surface area (Å²) in [7, 11) is -1.72. The number of nitrogens with zero attached hydrogens (tertiary/aromatic N) is 1. The molecule has 3 heterocycles. The second kappa shape index (κ2) is 9.50. The average molecular weight is 572 g/mol. The standard InChI is InChI=1S/C26H21NO10S2/c1-32-19-8-5-16-24(38-15-4-7-18-21(10-15)37-13-35-18)22(26(28)29)27(39(30,31)25(16)23(19)33-2)11-14-3-6-17-20(9-14)36-12-34-17/h3-10H,11-13H2,1-2H3,(H,28,29). The van der Waals surface area contributed by atoms with Crippen LogP contribution in [-0.2, 0) is 21.4 Å². The quantitative estimate of drug-likeness (QED) is 0.443. The van der Waals surface area contributed by atoms with E-state index in [1.165, 1.54) is 20.3 Å².